The van der Waals surface area contributed by atoms with Crippen molar-refractivity contribution in [3.8, 4) is 29.1 Å². The molecule has 3 aromatic rings. The van der Waals surface area contributed by atoms with E-state index in [0.717, 1.165) is 49.0 Å². The number of unbranched alkanes of at least 4 members (excludes halogenated alkanes) is 3. The number of carbonyl (C=O) groups excluding carboxylic acids is 1. The molecule has 0 aliphatic carbocycles. The van der Waals surface area contributed by atoms with E-state index in [0.29, 0.717) is 41.6 Å². The van der Waals surface area contributed by atoms with E-state index in [2.05, 4.69) is 19.9 Å². The average molecular weight is 527 g/mol. The summed E-state index contributed by atoms with van der Waals surface area (Å²) >= 11 is 0. The van der Waals surface area contributed by atoms with Gasteiger partial charge < -0.3 is 24.7 Å². The minimum Gasteiger partial charge on any atom is -0.494 e. The van der Waals surface area contributed by atoms with E-state index in [1.54, 1.807) is 36.4 Å². The number of rotatable bonds is 12. The molecule has 1 heterocycles. The molecule has 1 aliphatic rings. The molecule has 0 saturated heterocycles. The predicted molar refractivity (Wildman–Crippen MR) is 149 cm³/mol. The number of nitriles is 1. The number of allylic oxidation sites excluding steroid dienone is 1. The van der Waals surface area contributed by atoms with Gasteiger partial charge in [-0.3, -0.25) is 0 Å². The van der Waals surface area contributed by atoms with E-state index in [9.17, 15) is 10.1 Å². The van der Waals surface area contributed by atoms with Gasteiger partial charge in [0, 0.05) is 11.6 Å². The average Bonchev–Trinajstić information content (AvgIpc) is 2.95. The zero-order valence-corrected chi connectivity index (χ0v) is 22.4. The number of esters is 1. The quantitative estimate of drug-likeness (QED) is 0.156. The van der Waals surface area contributed by atoms with Gasteiger partial charge in [0.1, 0.15) is 40.2 Å². The molecule has 1 atom stereocenters. The molecule has 0 amide bonds. The van der Waals surface area contributed by atoms with Gasteiger partial charge in [0.05, 0.1) is 19.1 Å². The normalized spacial score (nSPS) is 14.1. The Morgan fingerprint density at radius 1 is 0.923 bits per heavy atom. The Kier molecular flexibility index (Phi) is 9.47. The van der Waals surface area contributed by atoms with E-state index in [1.165, 1.54) is 0 Å². The first kappa shape index (κ1) is 27.6. The van der Waals surface area contributed by atoms with Crippen LogP contribution < -0.4 is 24.7 Å². The number of para-hydroxylation sites is 1. The third-order valence-corrected chi connectivity index (χ3v) is 6.47. The highest BCUT2D eigenvalue weighted by Gasteiger charge is 2.31. The molecule has 0 radical (unpaired) electrons. The lowest BCUT2D eigenvalue weighted by Crippen LogP contribution is -2.21. The van der Waals surface area contributed by atoms with Crippen LogP contribution >= 0.6 is 0 Å². The Balaban J connectivity index is 1.58. The second-order valence-corrected chi connectivity index (χ2v) is 9.34. The van der Waals surface area contributed by atoms with Crippen LogP contribution in [0.3, 0.4) is 0 Å². The highest BCUT2D eigenvalue weighted by atomic mass is 16.5. The van der Waals surface area contributed by atoms with Crippen molar-refractivity contribution in [1.29, 1.82) is 5.26 Å². The maximum absolute atomic E-state index is 13.0. The van der Waals surface area contributed by atoms with Crippen LogP contribution in [0.15, 0.2) is 78.2 Å². The molecule has 7 heteroatoms. The van der Waals surface area contributed by atoms with Crippen LogP contribution in [0, 0.1) is 11.3 Å². The maximum Gasteiger partial charge on any atom is 0.347 e. The number of nitrogens with two attached hydrogens (primary N) is 1. The van der Waals surface area contributed by atoms with Crippen LogP contribution in [0.25, 0.3) is 0 Å². The molecule has 0 aromatic heterocycles. The molecule has 0 fully saturated rings. The number of ether oxygens (including phenoxy) is 4. The van der Waals surface area contributed by atoms with Crippen LogP contribution in [-0.4, -0.2) is 19.2 Å². The summed E-state index contributed by atoms with van der Waals surface area (Å²) in [6.45, 7) is 5.38. The summed E-state index contributed by atoms with van der Waals surface area (Å²) in [4.78, 5) is 13.0. The Morgan fingerprint density at radius 2 is 1.72 bits per heavy atom. The first-order chi connectivity index (χ1) is 19.0. The topological polar surface area (TPSA) is 104 Å². The lowest BCUT2D eigenvalue weighted by molar-refractivity contribution is 0.0730. The van der Waals surface area contributed by atoms with E-state index in [1.807, 2.05) is 30.3 Å². The van der Waals surface area contributed by atoms with Crippen LogP contribution in [0.4, 0.5) is 0 Å². The van der Waals surface area contributed by atoms with Gasteiger partial charge in [-0.25, -0.2) is 4.79 Å². The van der Waals surface area contributed by atoms with Gasteiger partial charge in [-0.1, -0.05) is 63.4 Å². The Labute approximate surface area is 229 Å². The number of hydrogen-bond acceptors (Lipinski definition) is 7. The van der Waals surface area contributed by atoms with E-state index >= 15 is 0 Å². The SMILES string of the molecule is CCCCCOc1cccc(C2C(C#N)=C(N)Oc3cc(OC(=O)c4ccccc4OCCCC)ccc32)c1. The molecule has 0 spiro atoms. The minimum atomic E-state index is -0.538. The third-order valence-electron chi connectivity index (χ3n) is 6.47. The zero-order valence-electron chi connectivity index (χ0n) is 22.4. The minimum absolute atomic E-state index is 0.0161. The van der Waals surface area contributed by atoms with E-state index < -0.39 is 11.9 Å². The number of fused-ring (bicyclic) bond motifs is 1. The van der Waals surface area contributed by atoms with Gasteiger partial charge in [0.25, 0.3) is 0 Å². The van der Waals surface area contributed by atoms with Gasteiger partial charge in [0.2, 0.25) is 5.88 Å². The number of carbonyl (C=O) groups is 1. The molecular formula is C32H34N2O5. The molecule has 39 heavy (non-hydrogen) atoms. The standard InChI is InChI=1S/C32H34N2O5/c1-3-5-9-18-36-23-12-10-11-22(19-23)30-25-16-15-24(20-29(25)39-31(34)27(30)21-33)38-32(35)26-13-7-8-14-28(26)37-17-6-4-2/h7-8,10-16,19-20,30H,3-6,9,17-18,34H2,1-2H3. The molecule has 202 valence electrons. The van der Waals surface area contributed by atoms with Crippen molar-refractivity contribution < 1.29 is 23.7 Å². The van der Waals surface area contributed by atoms with Crippen molar-refractivity contribution in [2.45, 2.75) is 51.9 Å². The largest absolute Gasteiger partial charge is 0.494 e. The van der Waals surface area contributed by atoms with Crippen molar-refractivity contribution in [2.24, 2.45) is 5.73 Å². The summed E-state index contributed by atoms with van der Waals surface area (Å²) in [5.41, 5.74) is 8.44. The highest BCUT2D eigenvalue weighted by Crippen LogP contribution is 2.44. The molecule has 0 bridgehead atoms. The molecule has 2 N–H and O–H groups in total. The second-order valence-electron chi connectivity index (χ2n) is 9.34. The molecule has 1 unspecified atom stereocenters. The maximum atomic E-state index is 13.0. The van der Waals surface area contributed by atoms with Gasteiger partial charge in [0.15, 0.2) is 0 Å². The smallest absolute Gasteiger partial charge is 0.347 e. The van der Waals surface area contributed by atoms with Crippen molar-refractivity contribution in [1.82, 2.24) is 0 Å². The molecule has 3 aromatic carbocycles. The van der Waals surface area contributed by atoms with Crippen LogP contribution in [0.2, 0.25) is 0 Å². The molecule has 4 rings (SSSR count). The second kappa shape index (κ2) is 13.4. The zero-order chi connectivity index (χ0) is 27.6. The number of nitrogens with zero attached hydrogens (tertiary/aromatic N) is 1. The van der Waals surface area contributed by atoms with Gasteiger partial charge in [-0.05, 0) is 48.7 Å². The van der Waals surface area contributed by atoms with Crippen molar-refractivity contribution >= 4 is 5.97 Å². The molecular weight excluding hydrogens is 492 g/mol. The predicted octanol–water partition coefficient (Wildman–Crippen LogP) is 6.87. The van der Waals surface area contributed by atoms with Crippen LogP contribution in [0.5, 0.6) is 23.0 Å². The molecule has 0 saturated carbocycles. The number of hydrogen-bond donors (Lipinski definition) is 1. The summed E-state index contributed by atoms with van der Waals surface area (Å²) in [6.07, 6.45) is 5.09. The first-order valence-electron chi connectivity index (χ1n) is 13.4. The summed E-state index contributed by atoms with van der Waals surface area (Å²) in [6, 6.07) is 22.0. The fourth-order valence-electron chi connectivity index (χ4n) is 4.42. The highest BCUT2D eigenvalue weighted by molar-refractivity contribution is 5.94. The lowest BCUT2D eigenvalue weighted by Gasteiger charge is -2.27. The lowest BCUT2D eigenvalue weighted by atomic mass is 9.83. The Bertz CT molecular complexity index is 1370. The van der Waals surface area contributed by atoms with Crippen LogP contribution in [-0.2, 0) is 0 Å². The van der Waals surface area contributed by atoms with Gasteiger partial charge in [-0.15, -0.1) is 0 Å². The fourth-order valence-corrected chi connectivity index (χ4v) is 4.42. The van der Waals surface area contributed by atoms with Gasteiger partial charge in [-0.2, -0.15) is 5.26 Å². The van der Waals surface area contributed by atoms with E-state index in [-0.39, 0.29) is 5.88 Å². The van der Waals surface area contributed by atoms with Crippen molar-refractivity contribution in [3.05, 3.63) is 94.9 Å². The van der Waals surface area contributed by atoms with Crippen molar-refractivity contribution in [2.75, 3.05) is 13.2 Å². The summed E-state index contributed by atoms with van der Waals surface area (Å²) < 4.78 is 23.2. The van der Waals surface area contributed by atoms with Crippen LogP contribution in [0.1, 0.15) is 73.4 Å². The Morgan fingerprint density at radius 3 is 2.51 bits per heavy atom. The fraction of sp³-hybridized carbons (Fsp3) is 0.312. The molecule has 1 aliphatic heterocycles. The monoisotopic (exact) mass is 526 g/mol. The third kappa shape index (κ3) is 6.71. The number of benzene rings is 3. The van der Waals surface area contributed by atoms with E-state index in [4.69, 9.17) is 24.7 Å². The van der Waals surface area contributed by atoms with Gasteiger partial charge >= 0.3 is 5.97 Å². The summed E-state index contributed by atoms with van der Waals surface area (Å²) in [7, 11) is 0. The van der Waals surface area contributed by atoms with Crippen molar-refractivity contribution in [3.63, 3.8) is 0 Å². The first-order valence-corrected chi connectivity index (χ1v) is 13.4. The molecule has 7 nitrogen and oxygen atoms in total. The Hall–Kier alpha value is -4.44. The summed E-state index contributed by atoms with van der Waals surface area (Å²) in [5, 5.41) is 9.91. The summed E-state index contributed by atoms with van der Waals surface area (Å²) in [5.74, 6) is 0.956.